The Labute approximate surface area is 205 Å². The van der Waals surface area contributed by atoms with Crippen molar-refractivity contribution >= 4 is 51.1 Å². The Bertz CT molecular complexity index is 1180. The van der Waals surface area contributed by atoms with Crippen LogP contribution in [0.3, 0.4) is 0 Å². The van der Waals surface area contributed by atoms with E-state index in [0.717, 1.165) is 15.9 Å². The van der Waals surface area contributed by atoms with Gasteiger partial charge in [-0.05, 0) is 23.8 Å². The van der Waals surface area contributed by atoms with Gasteiger partial charge in [-0.3, -0.25) is 14.9 Å². The summed E-state index contributed by atoms with van der Waals surface area (Å²) in [6.07, 6.45) is -1.34. The van der Waals surface area contributed by atoms with Crippen LogP contribution in [-0.2, 0) is 30.9 Å². The van der Waals surface area contributed by atoms with Crippen LogP contribution >= 0.6 is 23.2 Å². The quantitative estimate of drug-likeness (QED) is 0.463. The van der Waals surface area contributed by atoms with Crippen LogP contribution in [0, 0.1) is 0 Å². The second-order valence-electron chi connectivity index (χ2n) is 7.38. The average Bonchev–Trinajstić information content (AvgIpc) is 3.21. The zero-order valence-corrected chi connectivity index (χ0v) is 19.9. The first-order chi connectivity index (χ1) is 16.1. The molecule has 13 heteroatoms. The SMILES string of the molecule is O=C(COC(=O)[C@@H]1C[C@H](O)CN1S(=O)(=O)c1ccc(Cl)c(Cl)c1)NC(=O)NCc1ccccc1. The molecule has 0 bridgehead atoms. The highest BCUT2D eigenvalue weighted by molar-refractivity contribution is 7.89. The molecule has 34 heavy (non-hydrogen) atoms. The van der Waals surface area contributed by atoms with Gasteiger partial charge in [0.2, 0.25) is 10.0 Å². The van der Waals surface area contributed by atoms with E-state index in [9.17, 15) is 27.9 Å². The minimum atomic E-state index is -4.23. The minimum Gasteiger partial charge on any atom is -0.454 e. The number of benzene rings is 2. The first kappa shape index (κ1) is 25.9. The minimum absolute atomic E-state index is 0.00354. The smallest absolute Gasteiger partial charge is 0.325 e. The number of nitrogens with one attached hydrogen (secondary N) is 2. The number of carbonyl (C=O) groups is 3. The van der Waals surface area contributed by atoms with E-state index < -0.39 is 46.7 Å². The Balaban J connectivity index is 1.57. The summed E-state index contributed by atoms with van der Waals surface area (Å²) >= 11 is 11.7. The summed E-state index contributed by atoms with van der Waals surface area (Å²) in [5.41, 5.74) is 0.819. The van der Waals surface area contributed by atoms with Crippen molar-refractivity contribution in [1.82, 2.24) is 14.9 Å². The third kappa shape index (κ3) is 6.45. The van der Waals surface area contributed by atoms with Crippen LogP contribution in [0.4, 0.5) is 4.79 Å². The number of halogens is 2. The van der Waals surface area contributed by atoms with Gasteiger partial charge >= 0.3 is 12.0 Å². The molecule has 2 atom stereocenters. The topological polar surface area (TPSA) is 142 Å². The molecule has 0 saturated carbocycles. The Morgan fingerprint density at radius 2 is 1.79 bits per heavy atom. The number of ether oxygens (including phenoxy) is 1. The van der Waals surface area contributed by atoms with Crippen molar-refractivity contribution < 1.29 is 32.6 Å². The molecule has 2 aromatic carbocycles. The number of β-amino-alcohol motifs (C(OH)–C–C–N with tert-alkyl or cyclic N) is 1. The van der Waals surface area contributed by atoms with Crippen molar-refractivity contribution in [3.63, 3.8) is 0 Å². The van der Waals surface area contributed by atoms with Gasteiger partial charge in [0.05, 0.1) is 21.0 Å². The molecule has 182 valence electrons. The van der Waals surface area contributed by atoms with Crippen LogP contribution in [0.5, 0.6) is 0 Å². The summed E-state index contributed by atoms with van der Waals surface area (Å²) in [6, 6.07) is 10.5. The zero-order valence-electron chi connectivity index (χ0n) is 17.6. The van der Waals surface area contributed by atoms with Crippen LogP contribution in [-0.4, -0.2) is 61.0 Å². The molecule has 0 spiro atoms. The largest absolute Gasteiger partial charge is 0.454 e. The van der Waals surface area contributed by atoms with E-state index in [1.807, 2.05) is 11.4 Å². The van der Waals surface area contributed by atoms with Gasteiger partial charge in [0.1, 0.15) is 6.04 Å². The number of urea groups is 1. The number of sulfonamides is 1. The molecule has 0 aromatic heterocycles. The number of imide groups is 1. The highest BCUT2D eigenvalue weighted by Crippen LogP contribution is 2.30. The molecule has 0 aliphatic carbocycles. The molecule has 3 N–H and O–H groups in total. The summed E-state index contributed by atoms with van der Waals surface area (Å²) in [6.45, 7) is -0.984. The van der Waals surface area contributed by atoms with Crippen molar-refractivity contribution in [3.8, 4) is 0 Å². The Morgan fingerprint density at radius 1 is 1.09 bits per heavy atom. The molecular weight excluding hydrogens is 509 g/mol. The van der Waals surface area contributed by atoms with Gasteiger partial charge in [0.25, 0.3) is 5.91 Å². The first-order valence-electron chi connectivity index (χ1n) is 10.0. The third-order valence-electron chi connectivity index (χ3n) is 4.90. The lowest BCUT2D eigenvalue weighted by Gasteiger charge is -2.22. The Kier molecular flexibility index (Phi) is 8.50. The van der Waals surface area contributed by atoms with Crippen molar-refractivity contribution in [2.24, 2.45) is 0 Å². The van der Waals surface area contributed by atoms with E-state index in [1.165, 1.54) is 12.1 Å². The lowest BCUT2D eigenvalue weighted by Crippen LogP contribution is -2.44. The standard InChI is InChI=1S/C21H21Cl2N3O7S/c22-16-7-6-15(9-17(16)23)34(31,32)26-11-14(27)8-18(26)20(29)33-12-19(28)25-21(30)24-10-13-4-2-1-3-5-13/h1-7,9,14,18,27H,8,10-12H2,(H2,24,25,28,30)/t14-,18-/m0/s1. The second-order valence-corrected chi connectivity index (χ2v) is 10.1. The predicted octanol–water partition coefficient (Wildman–Crippen LogP) is 1.69. The molecule has 1 heterocycles. The average molecular weight is 530 g/mol. The van der Waals surface area contributed by atoms with E-state index in [-0.39, 0.29) is 34.5 Å². The van der Waals surface area contributed by atoms with E-state index in [2.05, 4.69) is 5.32 Å². The monoisotopic (exact) mass is 529 g/mol. The lowest BCUT2D eigenvalue weighted by molar-refractivity contribution is -0.151. The molecule has 1 fully saturated rings. The number of hydrogen-bond acceptors (Lipinski definition) is 7. The van der Waals surface area contributed by atoms with Gasteiger partial charge in [-0.2, -0.15) is 4.31 Å². The van der Waals surface area contributed by atoms with Gasteiger partial charge in [-0.25, -0.2) is 13.2 Å². The lowest BCUT2D eigenvalue weighted by atomic mass is 10.2. The van der Waals surface area contributed by atoms with Crippen molar-refractivity contribution in [2.45, 2.75) is 30.0 Å². The second kappa shape index (κ2) is 11.2. The summed E-state index contributed by atoms with van der Waals surface area (Å²) < 4.78 is 31.7. The van der Waals surface area contributed by atoms with Crippen LogP contribution in [0.15, 0.2) is 53.4 Å². The van der Waals surface area contributed by atoms with Gasteiger partial charge in [-0.15, -0.1) is 0 Å². The molecule has 0 radical (unpaired) electrons. The van der Waals surface area contributed by atoms with Crippen molar-refractivity contribution in [1.29, 1.82) is 0 Å². The molecule has 2 aromatic rings. The summed E-state index contributed by atoms with van der Waals surface area (Å²) in [5.74, 6) is -1.95. The highest BCUT2D eigenvalue weighted by atomic mass is 35.5. The van der Waals surface area contributed by atoms with Crippen LogP contribution in [0.25, 0.3) is 0 Å². The highest BCUT2D eigenvalue weighted by Gasteiger charge is 2.44. The van der Waals surface area contributed by atoms with Crippen LogP contribution < -0.4 is 10.6 Å². The van der Waals surface area contributed by atoms with E-state index in [0.29, 0.717) is 0 Å². The van der Waals surface area contributed by atoms with Crippen LogP contribution in [0.2, 0.25) is 10.0 Å². The normalized spacial score (nSPS) is 18.3. The van der Waals surface area contributed by atoms with E-state index in [4.69, 9.17) is 27.9 Å². The van der Waals surface area contributed by atoms with Crippen molar-refractivity contribution in [2.75, 3.05) is 13.2 Å². The van der Waals surface area contributed by atoms with Crippen LogP contribution in [0.1, 0.15) is 12.0 Å². The molecule has 1 aliphatic rings. The number of aliphatic hydroxyl groups is 1. The van der Waals surface area contributed by atoms with Gasteiger partial charge in [-0.1, -0.05) is 53.5 Å². The number of carbonyl (C=O) groups excluding carboxylic acids is 3. The molecule has 3 amide bonds. The fraction of sp³-hybridized carbons (Fsp3) is 0.286. The zero-order chi connectivity index (χ0) is 24.9. The number of aliphatic hydroxyl groups excluding tert-OH is 1. The molecule has 0 unspecified atom stereocenters. The van der Waals surface area contributed by atoms with Crippen molar-refractivity contribution in [3.05, 3.63) is 64.1 Å². The number of nitrogens with zero attached hydrogens (tertiary/aromatic N) is 1. The van der Waals surface area contributed by atoms with E-state index in [1.54, 1.807) is 24.3 Å². The summed E-state index contributed by atoms with van der Waals surface area (Å²) in [7, 11) is -4.23. The number of rotatable bonds is 7. The third-order valence-corrected chi connectivity index (χ3v) is 7.51. The number of hydrogen-bond donors (Lipinski definition) is 3. The van der Waals surface area contributed by atoms with Gasteiger partial charge in [0, 0.05) is 19.5 Å². The van der Waals surface area contributed by atoms with Gasteiger partial charge in [0.15, 0.2) is 6.61 Å². The molecule has 1 saturated heterocycles. The maximum atomic E-state index is 13.0. The fourth-order valence-electron chi connectivity index (χ4n) is 3.25. The Morgan fingerprint density at radius 3 is 2.47 bits per heavy atom. The number of amides is 3. The molecular formula is C21H21Cl2N3O7S. The Hall–Kier alpha value is -2.70. The van der Waals surface area contributed by atoms with E-state index >= 15 is 0 Å². The first-order valence-corrected chi connectivity index (χ1v) is 12.2. The summed E-state index contributed by atoms with van der Waals surface area (Å²) in [4.78, 5) is 36.1. The fourth-order valence-corrected chi connectivity index (χ4v) is 5.27. The maximum absolute atomic E-state index is 13.0. The van der Waals surface area contributed by atoms with Gasteiger partial charge < -0.3 is 15.2 Å². The molecule has 10 nitrogen and oxygen atoms in total. The predicted molar refractivity (Wildman–Crippen MR) is 123 cm³/mol. The summed E-state index contributed by atoms with van der Waals surface area (Å²) in [5, 5.41) is 14.6. The maximum Gasteiger partial charge on any atom is 0.325 e. The molecule has 3 rings (SSSR count). The number of esters is 1. The molecule has 1 aliphatic heterocycles.